The maximum Gasteiger partial charge on any atom is -0.0203 e. The monoisotopic (exact) mass is 166 g/mol. The highest BCUT2D eigenvalue weighted by Crippen LogP contribution is 2.39. The maximum atomic E-state index is 4.07. The van der Waals surface area contributed by atoms with Gasteiger partial charge in [-0.2, -0.15) is 0 Å². The Labute approximate surface area is 77.1 Å². The molecule has 0 amide bonds. The molecule has 1 rings (SSSR count). The molecule has 0 aromatic rings. The summed E-state index contributed by atoms with van der Waals surface area (Å²) >= 11 is 0. The van der Waals surface area contributed by atoms with Gasteiger partial charge in [0.1, 0.15) is 0 Å². The lowest BCUT2D eigenvalue weighted by atomic mass is 9.68. The van der Waals surface area contributed by atoms with Crippen LogP contribution < -0.4 is 0 Å². The zero-order valence-corrected chi connectivity index (χ0v) is 8.93. The van der Waals surface area contributed by atoms with Crippen LogP contribution in [0.15, 0.2) is 12.2 Å². The van der Waals surface area contributed by atoms with E-state index in [0.717, 1.165) is 23.7 Å². The minimum atomic E-state index is 0.797. The van der Waals surface area contributed by atoms with Crippen LogP contribution in [0.2, 0.25) is 0 Å². The topological polar surface area (TPSA) is 0 Å². The van der Waals surface area contributed by atoms with Crippen molar-refractivity contribution in [1.29, 1.82) is 0 Å². The molecule has 1 aliphatic rings. The van der Waals surface area contributed by atoms with Crippen molar-refractivity contribution in [1.82, 2.24) is 0 Å². The second kappa shape index (κ2) is 3.64. The first-order valence-corrected chi connectivity index (χ1v) is 5.17. The van der Waals surface area contributed by atoms with Crippen molar-refractivity contribution < 1.29 is 0 Å². The largest absolute Gasteiger partial charge is 0.0999 e. The fourth-order valence-corrected chi connectivity index (χ4v) is 2.39. The normalized spacial score (nSPS) is 42.7. The van der Waals surface area contributed by atoms with Crippen molar-refractivity contribution >= 4 is 0 Å². The molecule has 0 spiro atoms. The van der Waals surface area contributed by atoms with Crippen molar-refractivity contribution in [3.63, 3.8) is 0 Å². The van der Waals surface area contributed by atoms with Crippen LogP contribution in [0.1, 0.15) is 40.5 Å². The average Bonchev–Trinajstić information content (AvgIpc) is 1.99. The third-order valence-corrected chi connectivity index (χ3v) is 3.80. The van der Waals surface area contributed by atoms with Gasteiger partial charge in [-0.25, -0.2) is 0 Å². The van der Waals surface area contributed by atoms with E-state index in [1.165, 1.54) is 18.4 Å². The lowest BCUT2D eigenvalue weighted by Crippen LogP contribution is -2.28. The van der Waals surface area contributed by atoms with E-state index >= 15 is 0 Å². The third-order valence-electron chi connectivity index (χ3n) is 3.80. The Morgan fingerprint density at radius 3 is 1.83 bits per heavy atom. The van der Waals surface area contributed by atoms with Crippen molar-refractivity contribution in [3.05, 3.63) is 12.2 Å². The lowest BCUT2D eigenvalue weighted by Gasteiger charge is -2.37. The summed E-state index contributed by atoms with van der Waals surface area (Å²) in [5.41, 5.74) is 1.39. The molecule has 0 nitrogen and oxygen atoms in total. The second-order valence-electron chi connectivity index (χ2n) is 4.83. The molecule has 0 aliphatic heterocycles. The molecule has 1 aliphatic carbocycles. The molecule has 2 atom stereocenters. The Morgan fingerprint density at radius 2 is 1.50 bits per heavy atom. The van der Waals surface area contributed by atoms with Crippen molar-refractivity contribution in [3.8, 4) is 0 Å². The van der Waals surface area contributed by atoms with Crippen LogP contribution in [0.4, 0.5) is 0 Å². The standard InChI is InChI=1S/C12H22/c1-8(2)12-6-9(3)11(5)10(4)7-12/h9-12H,1,6-7H2,2-5H3. The Morgan fingerprint density at radius 1 is 1.08 bits per heavy atom. The molecule has 0 N–H and O–H groups in total. The van der Waals surface area contributed by atoms with Gasteiger partial charge in [-0.3, -0.25) is 0 Å². The highest BCUT2D eigenvalue weighted by molar-refractivity contribution is 5.00. The highest BCUT2D eigenvalue weighted by Gasteiger charge is 2.29. The van der Waals surface area contributed by atoms with Gasteiger partial charge in [0, 0.05) is 0 Å². The second-order valence-corrected chi connectivity index (χ2v) is 4.83. The molecular weight excluding hydrogens is 144 g/mol. The first-order chi connectivity index (χ1) is 5.52. The number of hydrogen-bond donors (Lipinski definition) is 0. The van der Waals surface area contributed by atoms with Crippen LogP contribution in [-0.2, 0) is 0 Å². The molecule has 70 valence electrons. The Bertz CT molecular complexity index is 157. The maximum absolute atomic E-state index is 4.07. The van der Waals surface area contributed by atoms with Gasteiger partial charge < -0.3 is 0 Å². The van der Waals surface area contributed by atoms with Gasteiger partial charge in [0.25, 0.3) is 0 Å². The summed E-state index contributed by atoms with van der Waals surface area (Å²) in [6.45, 7) is 13.4. The van der Waals surface area contributed by atoms with Gasteiger partial charge in [-0.05, 0) is 43.4 Å². The van der Waals surface area contributed by atoms with Crippen LogP contribution in [0.5, 0.6) is 0 Å². The first kappa shape index (κ1) is 9.83. The fourth-order valence-electron chi connectivity index (χ4n) is 2.39. The predicted octanol–water partition coefficient (Wildman–Crippen LogP) is 3.88. The zero-order valence-electron chi connectivity index (χ0n) is 8.93. The van der Waals surface area contributed by atoms with Gasteiger partial charge in [0.15, 0.2) is 0 Å². The van der Waals surface area contributed by atoms with Gasteiger partial charge in [-0.1, -0.05) is 32.9 Å². The summed E-state index contributed by atoms with van der Waals surface area (Å²) in [4.78, 5) is 0. The average molecular weight is 166 g/mol. The van der Waals surface area contributed by atoms with E-state index in [-0.39, 0.29) is 0 Å². The Balaban J connectivity index is 2.59. The van der Waals surface area contributed by atoms with E-state index < -0.39 is 0 Å². The smallest absolute Gasteiger partial charge is 0.0203 e. The molecule has 0 heteroatoms. The number of rotatable bonds is 1. The van der Waals surface area contributed by atoms with Crippen LogP contribution >= 0.6 is 0 Å². The van der Waals surface area contributed by atoms with Crippen molar-refractivity contribution in [2.75, 3.05) is 0 Å². The first-order valence-electron chi connectivity index (χ1n) is 5.17. The quantitative estimate of drug-likeness (QED) is 0.519. The predicted molar refractivity (Wildman–Crippen MR) is 55.0 cm³/mol. The molecule has 12 heavy (non-hydrogen) atoms. The van der Waals surface area contributed by atoms with E-state index in [1.54, 1.807) is 0 Å². The molecule has 1 fully saturated rings. The van der Waals surface area contributed by atoms with Crippen LogP contribution in [0, 0.1) is 23.7 Å². The van der Waals surface area contributed by atoms with E-state index in [9.17, 15) is 0 Å². The van der Waals surface area contributed by atoms with Crippen molar-refractivity contribution in [2.45, 2.75) is 40.5 Å². The summed E-state index contributed by atoms with van der Waals surface area (Å²) in [7, 11) is 0. The van der Waals surface area contributed by atoms with E-state index in [2.05, 4.69) is 34.3 Å². The highest BCUT2D eigenvalue weighted by atomic mass is 14.3. The molecule has 0 saturated heterocycles. The van der Waals surface area contributed by atoms with E-state index in [4.69, 9.17) is 0 Å². The Hall–Kier alpha value is -0.260. The molecule has 1 saturated carbocycles. The molecule has 0 radical (unpaired) electrons. The molecular formula is C12H22. The van der Waals surface area contributed by atoms with Crippen LogP contribution in [0.3, 0.4) is 0 Å². The fraction of sp³-hybridized carbons (Fsp3) is 0.833. The van der Waals surface area contributed by atoms with Crippen LogP contribution in [0.25, 0.3) is 0 Å². The summed E-state index contributed by atoms with van der Waals surface area (Å²) in [5, 5.41) is 0. The minimum absolute atomic E-state index is 0.797. The molecule has 0 heterocycles. The van der Waals surface area contributed by atoms with Crippen LogP contribution in [-0.4, -0.2) is 0 Å². The third kappa shape index (κ3) is 1.91. The van der Waals surface area contributed by atoms with E-state index in [1.807, 2.05) is 0 Å². The van der Waals surface area contributed by atoms with Gasteiger partial charge in [0.05, 0.1) is 0 Å². The SMILES string of the molecule is C=C(C)C1CC(C)C(C)C(C)C1. The summed E-state index contributed by atoms with van der Waals surface area (Å²) < 4.78 is 0. The van der Waals surface area contributed by atoms with Gasteiger partial charge in [0.2, 0.25) is 0 Å². The molecule has 0 aromatic carbocycles. The number of hydrogen-bond acceptors (Lipinski definition) is 0. The summed E-state index contributed by atoms with van der Waals surface area (Å²) in [6.07, 6.45) is 2.72. The number of allylic oxidation sites excluding steroid dienone is 1. The van der Waals surface area contributed by atoms with Gasteiger partial charge >= 0.3 is 0 Å². The molecule has 2 unspecified atom stereocenters. The minimum Gasteiger partial charge on any atom is -0.0999 e. The zero-order chi connectivity index (χ0) is 9.30. The lowest BCUT2D eigenvalue weighted by molar-refractivity contribution is 0.159. The summed E-state index contributed by atoms with van der Waals surface area (Å²) in [6, 6.07) is 0. The van der Waals surface area contributed by atoms with Crippen molar-refractivity contribution in [2.24, 2.45) is 23.7 Å². The van der Waals surface area contributed by atoms with E-state index in [0.29, 0.717) is 0 Å². The summed E-state index contributed by atoms with van der Waals surface area (Å²) in [5.74, 6) is 3.47. The molecule has 0 bridgehead atoms. The Kier molecular flexibility index (Phi) is 2.98. The molecule has 0 aromatic heterocycles. The van der Waals surface area contributed by atoms with Gasteiger partial charge in [-0.15, -0.1) is 0 Å².